The van der Waals surface area contributed by atoms with Crippen LogP contribution in [0.1, 0.15) is 64.2 Å². The molecule has 138 valence electrons. The van der Waals surface area contributed by atoms with Gasteiger partial charge in [-0.15, -0.1) is 0 Å². The molecule has 0 saturated carbocycles. The van der Waals surface area contributed by atoms with Crippen molar-refractivity contribution < 1.29 is 0 Å². The molecule has 0 saturated heterocycles. The second-order valence-electron chi connectivity index (χ2n) is 8.99. The average Bonchev–Trinajstić information content (AvgIpc) is 2.86. The van der Waals surface area contributed by atoms with Gasteiger partial charge in [-0.1, -0.05) is 38.1 Å². The predicted molar refractivity (Wildman–Crippen MR) is 113 cm³/mol. The Hall–Kier alpha value is -1.96. The lowest BCUT2D eigenvalue weighted by Crippen LogP contribution is -2.43. The third kappa shape index (κ3) is 2.46. The molecule has 1 aliphatic heterocycles. The van der Waals surface area contributed by atoms with Crippen LogP contribution in [0, 0.1) is 6.92 Å². The summed E-state index contributed by atoms with van der Waals surface area (Å²) in [6.07, 6.45) is 4.10. The van der Waals surface area contributed by atoms with E-state index >= 15 is 0 Å². The summed E-state index contributed by atoms with van der Waals surface area (Å²) < 4.78 is 0. The summed E-state index contributed by atoms with van der Waals surface area (Å²) in [4.78, 5) is 5.16. The normalized spacial score (nSPS) is 21.1. The maximum Gasteiger partial charge on any atom is 0.104 e. The molecule has 2 aromatic carbocycles. The van der Waals surface area contributed by atoms with Crippen LogP contribution in [-0.4, -0.2) is 12.2 Å². The number of para-hydroxylation sites is 2. The lowest BCUT2D eigenvalue weighted by molar-refractivity contribution is 0.431. The number of aryl methyl sites for hydroxylation is 1. The van der Waals surface area contributed by atoms with E-state index in [2.05, 4.69) is 87.7 Å². The highest BCUT2D eigenvalue weighted by molar-refractivity contribution is 5.86. The molecule has 2 aromatic rings. The molecule has 26 heavy (non-hydrogen) atoms. The maximum atomic E-state index is 2.60. The van der Waals surface area contributed by atoms with Gasteiger partial charge in [0.15, 0.2) is 0 Å². The molecule has 0 fully saturated rings. The minimum atomic E-state index is 0.274. The van der Waals surface area contributed by atoms with Gasteiger partial charge in [0.2, 0.25) is 0 Å². The lowest BCUT2D eigenvalue weighted by Gasteiger charge is -2.39. The van der Waals surface area contributed by atoms with Crippen molar-refractivity contribution in [3.8, 4) is 0 Å². The first-order valence-corrected chi connectivity index (χ1v) is 10.1. The van der Waals surface area contributed by atoms with Crippen molar-refractivity contribution >= 4 is 17.1 Å². The van der Waals surface area contributed by atoms with Gasteiger partial charge in [0.05, 0.1) is 11.4 Å². The van der Waals surface area contributed by atoms with Gasteiger partial charge in [0.25, 0.3) is 0 Å². The second-order valence-corrected chi connectivity index (χ2v) is 8.99. The first-order valence-electron chi connectivity index (χ1n) is 10.1. The average molecular weight is 349 g/mol. The Kier molecular flexibility index (Phi) is 4.06. The van der Waals surface area contributed by atoms with E-state index in [1.54, 1.807) is 11.1 Å². The topological polar surface area (TPSA) is 6.48 Å². The number of hydrogen-bond donors (Lipinski definition) is 0. The monoisotopic (exact) mass is 348 g/mol. The van der Waals surface area contributed by atoms with E-state index in [4.69, 9.17) is 0 Å². The Morgan fingerprint density at radius 2 is 1.73 bits per heavy atom. The Morgan fingerprint density at radius 3 is 2.42 bits per heavy atom. The highest BCUT2D eigenvalue weighted by atomic mass is 15.4. The van der Waals surface area contributed by atoms with Gasteiger partial charge >= 0.3 is 0 Å². The van der Waals surface area contributed by atoms with Crippen molar-refractivity contribution in [1.82, 2.24) is 0 Å². The van der Waals surface area contributed by atoms with Crippen LogP contribution in [-0.2, 0) is 11.8 Å². The highest BCUT2D eigenvalue weighted by Crippen LogP contribution is 2.50. The molecular formula is C24H32N2. The summed E-state index contributed by atoms with van der Waals surface area (Å²) in [6, 6.07) is 14.1. The first-order chi connectivity index (χ1) is 12.3. The third-order valence-corrected chi connectivity index (χ3v) is 6.44. The van der Waals surface area contributed by atoms with E-state index in [0.717, 1.165) is 0 Å². The molecule has 0 spiro atoms. The minimum absolute atomic E-state index is 0.274. The lowest BCUT2D eigenvalue weighted by atomic mass is 9.71. The van der Waals surface area contributed by atoms with Gasteiger partial charge < -0.3 is 9.80 Å². The number of benzene rings is 2. The van der Waals surface area contributed by atoms with Crippen LogP contribution in [0.15, 0.2) is 36.4 Å². The summed E-state index contributed by atoms with van der Waals surface area (Å²) in [5.74, 6) is 0. The van der Waals surface area contributed by atoms with E-state index in [-0.39, 0.29) is 5.41 Å². The van der Waals surface area contributed by atoms with Crippen LogP contribution in [0.2, 0.25) is 0 Å². The van der Waals surface area contributed by atoms with Gasteiger partial charge in [-0.05, 0) is 81.2 Å². The summed E-state index contributed by atoms with van der Waals surface area (Å²) in [6.45, 7) is 14.1. The summed E-state index contributed by atoms with van der Waals surface area (Å²) in [5, 5.41) is 0. The van der Waals surface area contributed by atoms with Crippen LogP contribution in [0.25, 0.3) is 0 Å². The van der Waals surface area contributed by atoms with Gasteiger partial charge in [-0.3, -0.25) is 0 Å². The van der Waals surface area contributed by atoms with Gasteiger partial charge in [-0.25, -0.2) is 0 Å². The van der Waals surface area contributed by atoms with Crippen molar-refractivity contribution in [2.75, 3.05) is 9.80 Å². The number of fused-ring (bicyclic) bond motifs is 2. The summed E-state index contributed by atoms with van der Waals surface area (Å²) in [7, 11) is 0. The fourth-order valence-electron chi connectivity index (χ4n) is 5.25. The van der Waals surface area contributed by atoms with Gasteiger partial charge in [-0.2, -0.15) is 0 Å². The van der Waals surface area contributed by atoms with E-state index in [1.807, 2.05) is 0 Å². The molecule has 2 aliphatic rings. The molecule has 0 bridgehead atoms. The zero-order valence-corrected chi connectivity index (χ0v) is 17.1. The number of nitrogens with zero attached hydrogens (tertiary/aromatic N) is 2. The molecule has 0 N–H and O–H groups in total. The smallest absolute Gasteiger partial charge is 0.104 e. The summed E-state index contributed by atoms with van der Waals surface area (Å²) in [5.41, 5.74) is 8.98. The Bertz CT molecular complexity index is 834. The SMILES string of the molecule is Cc1ccc2c(c1N1c3ccccc3N(C(C)C)[C@@H]1C)CCCC2(C)C. The predicted octanol–water partition coefficient (Wildman–Crippen LogP) is 6.32. The molecule has 0 aromatic heterocycles. The third-order valence-electron chi connectivity index (χ3n) is 6.44. The molecule has 4 rings (SSSR count). The van der Waals surface area contributed by atoms with Crippen molar-refractivity contribution in [1.29, 1.82) is 0 Å². The zero-order chi connectivity index (χ0) is 18.6. The molecule has 1 heterocycles. The fraction of sp³-hybridized carbons (Fsp3) is 0.500. The Morgan fingerprint density at radius 1 is 1.04 bits per heavy atom. The molecule has 2 heteroatoms. The van der Waals surface area contributed by atoms with Crippen LogP contribution in [0.5, 0.6) is 0 Å². The molecule has 0 amide bonds. The van der Waals surface area contributed by atoms with Crippen molar-refractivity contribution in [2.24, 2.45) is 0 Å². The first kappa shape index (κ1) is 17.5. The van der Waals surface area contributed by atoms with Gasteiger partial charge in [0, 0.05) is 11.7 Å². The number of rotatable bonds is 2. The number of anilines is 3. The molecular weight excluding hydrogens is 316 g/mol. The highest BCUT2D eigenvalue weighted by Gasteiger charge is 2.38. The maximum absolute atomic E-state index is 2.60. The zero-order valence-electron chi connectivity index (χ0n) is 17.1. The van der Waals surface area contributed by atoms with Crippen LogP contribution < -0.4 is 9.80 Å². The fourth-order valence-corrected chi connectivity index (χ4v) is 5.25. The number of hydrogen-bond acceptors (Lipinski definition) is 2. The van der Waals surface area contributed by atoms with E-state index in [0.29, 0.717) is 12.2 Å². The Labute approximate surface area is 158 Å². The van der Waals surface area contributed by atoms with E-state index in [9.17, 15) is 0 Å². The quantitative estimate of drug-likeness (QED) is 0.626. The van der Waals surface area contributed by atoms with Crippen LogP contribution in [0.3, 0.4) is 0 Å². The van der Waals surface area contributed by atoms with E-state index < -0.39 is 0 Å². The molecule has 2 nitrogen and oxygen atoms in total. The van der Waals surface area contributed by atoms with Crippen molar-refractivity contribution in [2.45, 2.75) is 78.4 Å². The van der Waals surface area contributed by atoms with Crippen molar-refractivity contribution in [3.05, 3.63) is 53.1 Å². The Balaban J connectivity index is 1.94. The van der Waals surface area contributed by atoms with E-state index in [1.165, 1.54) is 41.9 Å². The molecule has 0 unspecified atom stereocenters. The summed E-state index contributed by atoms with van der Waals surface area (Å²) >= 11 is 0. The molecule has 1 aliphatic carbocycles. The standard InChI is InChI=1S/C24H32N2/c1-16(2)25-18(4)26(22-12-8-7-11-21(22)25)23-17(3)13-14-20-19(23)10-9-15-24(20,5)6/h7-8,11-14,16,18H,9-10,15H2,1-6H3/t18-/m0/s1. The molecule has 0 radical (unpaired) electrons. The largest absolute Gasteiger partial charge is 0.347 e. The van der Waals surface area contributed by atoms with Crippen LogP contribution in [0.4, 0.5) is 17.1 Å². The second kappa shape index (κ2) is 6.04. The van der Waals surface area contributed by atoms with Gasteiger partial charge in [0.1, 0.15) is 6.17 Å². The minimum Gasteiger partial charge on any atom is -0.347 e. The van der Waals surface area contributed by atoms with Crippen molar-refractivity contribution in [3.63, 3.8) is 0 Å². The molecule has 1 atom stereocenters. The van der Waals surface area contributed by atoms with Crippen LogP contribution >= 0.6 is 0 Å².